The van der Waals surface area contributed by atoms with Crippen LogP contribution in [-0.4, -0.2) is 31.7 Å². The van der Waals surface area contributed by atoms with Gasteiger partial charge in [0.1, 0.15) is 0 Å². The van der Waals surface area contributed by atoms with Crippen molar-refractivity contribution >= 4 is 29.1 Å². The Labute approximate surface area is 176 Å². The third-order valence-electron chi connectivity index (χ3n) is 4.99. The van der Waals surface area contributed by atoms with Gasteiger partial charge in [0.05, 0.1) is 41.5 Å². The maximum absolute atomic E-state index is 13.3. The van der Waals surface area contributed by atoms with Crippen LogP contribution in [0.2, 0.25) is 0 Å². The van der Waals surface area contributed by atoms with E-state index in [-0.39, 0.29) is 5.56 Å². The van der Waals surface area contributed by atoms with Gasteiger partial charge in [-0.2, -0.15) is 0 Å². The van der Waals surface area contributed by atoms with E-state index in [4.69, 9.17) is 9.15 Å². The fraction of sp³-hybridized carbons (Fsp3) is 0.227. The van der Waals surface area contributed by atoms with Crippen LogP contribution in [0.15, 0.2) is 68.3 Å². The highest BCUT2D eigenvalue weighted by Gasteiger charge is 2.33. The second-order valence-electron chi connectivity index (χ2n) is 7.12. The summed E-state index contributed by atoms with van der Waals surface area (Å²) in [6.45, 7) is 1.76. The summed E-state index contributed by atoms with van der Waals surface area (Å²) < 4.78 is 12.2. The topological polar surface area (TPSA) is 77.0 Å². The molecule has 1 aliphatic heterocycles. The van der Waals surface area contributed by atoms with E-state index < -0.39 is 12.0 Å². The first-order chi connectivity index (χ1) is 14.4. The molecule has 0 amide bonds. The molecule has 1 aromatic carbocycles. The molecule has 4 rings (SSSR count). The average Bonchev–Trinajstić information content (AvgIpc) is 3.35. The zero-order chi connectivity index (χ0) is 21.4. The number of hydrogen-bond acceptors (Lipinski definition) is 7. The Morgan fingerprint density at radius 3 is 2.60 bits per heavy atom. The Hall–Kier alpha value is -3.39. The third kappa shape index (κ3) is 3.39. The summed E-state index contributed by atoms with van der Waals surface area (Å²) in [6.07, 6.45) is 4.88. The van der Waals surface area contributed by atoms with E-state index >= 15 is 0 Å². The molecule has 2 aromatic heterocycles. The summed E-state index contributed by atoms with van der Waals surface area (Å²) in [7, 11) is 5.24. The van der Waals surface area contributed by atoms with E-state index in [2.05, 4.69) is 4.99 Å². The Morgan fingerprint density at radius 2 is 2.00 bits per heavy atom. The predicted octanol–water partition coefficient (Wildman–Crippen LogP) is 2.07. The van der Waals surface area contributed by atoms with Crippen molar-refractivity contribution in [2.24, 2.45) is 4.99 Å². The first-order valence-corrected chi connectivity index (χ1v) is 10.1. The van der Waals surface area contributed by atoms with Crippen LogP contribution in [0.25, 0.3) is 6.08 Å². The zero-order valence-electron chi connectivity index (χ0n) is 17.1. The highest BCUT2D eigenvalue weighted by atomic mass is 32.1. The molecule has 30 heavy (non-hydrogen) atoms. The fourth-order valence-electron chi connectivity index (χ4n) is 3.47. The van der Waals surface area contributed by atoms with Gasteiger partial charge in [0.15, 0.2) is 4.80 Å². The first kappa shape index (κ1) is 19.9. The van der Waals surface area contributed by atoms with Crippen LogP contribution >= 0.6 is 11.3 Å². The number of esters is 1. The monoisotopic (exact) mass is 423 g/mol. The van der Waals surface area contributed by atoms with Gasteiger partial charge in [-0.3, -0.25) is 9.36 Å². The number of rotatable bonds is 4. The van der Waals surface area contributed by atoms with Crippen LogP contribution in [-0.2, 0) is 9.53 Å². The Balaban J connectivity index is 1.95. The van der Waals surface area contributed by atoms with Crippen LogP contribution < -0.4 is 19.8 Å². The minimum atomic E-state index is -0.614. The fourth-order valence-corrected chi connectivity index (χ4v) is 4.52. The van der Waals surface area contributed by atoms with Gasteiger partial charge in [-0.05, 0) is 36.8 Å². The number of hydrogen-bond donors (Lipinski definition) is 0. The molecule has 3 aromatic rings. The molecule has 8 heteroatoms. The lowest BCUT2D eigenvalue weighted by molar-refractivity contribution is -0.136. The molecule has 0 saturated heterocycles. The Morgan fingerprint density at radius 1 is 1.27 bits per heavy atom. The van der Waals surface area contributed by atoms with Crippen molar-refractivity contribution in [2.75, 3.05) is 26.1 Å². The highest BCUT2D eigenvalue weighted by Crippen LogP contribution is 2.31. The van der Waals surface area contributed by atoms with Crippen LogP contribution in [0.4, 0.5) is 5.69 Å². The van der Waals surface area contributed by atoms with Crippen molar-refractivity contribution in [3.05, 3.63) is 84.9 Å². The molecule has 7 nitrogen and oxygen atoms in total. The lowest BCUT2D eigenvalue weighted by Crippen LogP contribution is -2.39. The smallest absolute Gasteiger partial charge is 0.338 e. The molecule has 1 aliphatic rings. The minimum Gasteiger partial charge on any atom is -0.472 e. The average molecular weight is 423 g/mol. The van der Waals surface area contributed by atoms with Gasteiger partial charge in [0.2, 0.25) is 0 Å². The van der Waals surface area contributed by atoms with Gasteiger partial charge >= 0.3 is 5.97 Å². The SMILES string of the molecule is COC(=O)C1=C(C)N=c2s/c(=C/c3ccoc3)c(=O)n2C1c1ccc(N(C)C)cc1. The molecule has 1 unspecified atom stereocenters. The lowest BCUT2D eigenvalue weighted by atomic mass is 9.95. The number of benzene rings is 1. The molecule has 0 N–H and O–H groups in total. The van der Waals surface area contributed by atoms with Crippen molar-refractivity contribution < 1.29 is 13.9 Å². The Bertz CT molecular complexity index is 1300. The zero-order valence-corrected chi connectivity index (χ0v) is 17.9. The van der Waals surface area contributed by atoms with Crippen LogP contribution in [0.5, 0.6) is 0 Å². The largest absolute Gasteiger partial charge is 0.472 e. The summed E-state index contributed by atoms with van der Waals surface area (Å²) >= 11 is 1.28. The van der Waals surface area contributed by atoms with E-state index in [1.807, 2.05) is 43.3 Å². The van der Waals surface area contributed by atoms with Crippen molar-refractivity contribution in [3.63, 3.8) is 0 Å². The van der Waals surface area contributed by atoms with E-state index in [1.165, 1.54) is 18.4 Å². The molecular weight excluding hydrogens is 402 g/mol. The van der Waals surface area contributed by atoms with E-state index in [0.29, 0.717) is 20.6 Å². The number of allylic oxidation sites excluding steroid dienone is 1. The molecule has 0 saturated carbocycles. The Kier molecular flexibility index (Phi) is 5.17. The van der Waals surface area contributed by atoms with Crippen LogP contribution in [0.1, 0.15) is 24.1 Å². The maximum Gasteiger partial charge on any atom is 0.338 e. The summed E-state index contributed by atoms with van der Waals surface area (Å²) in [5, 5.41) is 0. The van der Waals surface area contributed by atoms with Crippen molar-refractivity contribution in [1.29, 1.82) is 0 Å². The van der Waals surface area contributed by atoms with Gasteiger partial charge in [-0.1, -0.05) is 23.5 Å². The van der Waals surface area contributed by atoms with Crippen molar-refractivity contribution in [2.45, 2.75) is 13.0 Å². The van der Waals surface area contributed by atoms with E-state index in [0.717, 1.165) is 16.8 Å². The molecule has 3 heterocycles. The number of aromatic nitrogens is 1. The molecule has 0 radical (unpaired) electrons. The molecule has 154 valence electrons. The van der Waals surface area contributed by atoms with Gasteiger partial charge in [0, 0.05) is 25.3 Å². The summed E-state index contributed by atoms with van der Waals surface area (Å²) in [5.74, 6) is -0.498. The third-order valence-corrected chi connectivity index (χ3v) is 5.98. The predicted molar refractivity (Wildman–Crippen MR) is 115 cm³/mol. The van der Waals surface area contributed by atoms with E-state index in [1.54, 1.807) is 36.2 Å². The van der Waals surface area contributed by atoms with Gasteiger partial charge < -0.3 is 14.1 Å². The number of carbonyl (C=O) groups excluding carboxylic acids is 1. The normalized spacial score (nSPS) is 16.3. The number of thiazole rings is 1. The molecule has 0 spiro atoms. The van der Waals surface area contributed by atoms with Gasteiger partial charge in [-0.25, -0.2) is 9.79 Å². The maximum atomic E-state index is 13.3. The van der Waals surface area contributed by atoms with Crippen molar-refractivity contribution in [3.8, 4) is 0 Å². The number of anilines is 1. The number of nitrogens with zero attached hydrogens (tertiary/aromatic N) is 3. The second kappa shape index (κ2) is 7.79. The van der Waals surface area contributed by atoms with E-state index in [9.17, 15) is 9.59 Å². The summed E-state index contributed by atoms with van der Waals surface area (Å²) in [4.78, 5) is 33.0. The standard InChI is InChI=1S/C22H21N3O4S/c1-13-18(21(27)28-4)19(15-5-7-16(8-6-15)24(2)3)25-20(26)17(30-22(25)23-13)11-14-9-10-29-12-14/h5-12,19H,1-4H3/b17-11+. The van der Waals surface area contributed by atoms with Crippen molar-refractivity contribution in [1.82, 2.24) is 4.57 Å². The minimum absolute atomic E-state index is 0.212. The van der Waals surface area contributed by atoms with Gasteiger partial charge in [-0.15, -0.1) is 0 Å². The molecule has 0 aliphatic carbocycles. The number of furan rings is 1. The number of ether oxygens (including phenoxy) is 1. The molecule has 0 fully saturated rings. The second-order valence-corrected chi connectivity index (χ2v) is 8.13. The van der Waals surface area contributed by atoms with Gasteiger partial charge in [0.25, 0.3) is 5.56 Å². The summed E-state index contributed by atoms with van der Waals surface area (Å²) in [6, 6.07) is 8.93. The number of carbonyl (C=O) groups is 1. The first-order valence-electron chi connectivity index (χ1n) is 9.31. The quantitative estimate of drug-likeness (QED) is 0.601. The van der Waals surface area contributed by atoms with Crippen LogP contribution in [0.3, 0.4) is 0 Å². The number of fused-ring (bicyclic) bond motifs is 1. The highest BCUT2D eigenvalue weighted by molar-refractivity contribution is 7.07. The van der Waals surface area contributed by atoms with Crippen LogP contribution in [0, 0.1) is 0 Å². The molecule has 0 bridgehead atoms. The summed E-state index contributed by atoms with van der Waals surface area (Å²) in [5.41, 5.74) is 3.31. The number of methoxy groups -OCH3 is 1. The lowest BCUT2D eigenvalue weighted by Gasteiger charge is -2.25. The molecule has 1 atom stereocenters. The molecular formula is C22H21N3O4S.